The Bertz CT molecular complexity index is 795. The van der Waals surface area contributed by atoms with Crippen molar-refractivity contribution in [3.05, 3.63) is 56.8 Å². The number of aromatic nitrogens is 1. The Morgan fingerprint density at radius 3 is 2.55 bits per heavy atom. The maximum absolute atomic E-state index is 12.5. The summed E-state index contributed by atoms with van der Waals surface area (Å²) < 4.78 is 0. The second-order valence-electron chi connectivity index (χ2n) is 4.50. The molecular weight excluding hydrogens is 359 g/mol. The van der Waals surface area contributed by atoms with Gasteiger partial charge in [-0.25, -0.2) is 4.98 Å². The van der Waals surface area contributed by atoms with Crippen LogP contribution in [-0.2, 0) is 0 Å². The van der Waals surface area contributed by atoms with Crippen LogP contribution in [0.15, 0.2) is 41.9 Å². The van der Waals surface area contributed by atoms with E-state index in [1.807, 2.05) is 23.6 Å². The summed E-state index contributed by atoms with van der Waals surface area (Å²) in [5.41, 5.74) is 0.901. The molecule has 0 aliphatic rings. The Balaban J connectivity index is 1.89. The minimum absolute atomic E-state index is 0.0840. The van der Waals surface area contributed by atoms with Crippen LogP contribution in [0.25, 0.3) is 10.4 Å². The van der Waals surface area contributed by atoms with Crippen LogP contribution < -0.4 is 4.90 Å². The number of carbonyl (C=O) groups excluding carboxylic acids is 1. The maximum Gasteiger partial charge on any atom is 0.269 e. The van der Waals surface area contributed by atoms with Gasteiger partial charge in [0.05, 0.1) is 4.88 Å². The van der Waals surface area contributed by atoms with E-state index >= 15 is 0 Å². The van der Waals surface area contributed by atoms with Crippen LogP contribution in [0.3, 0.4) is 0 Å². The molecule has 0 atom stereocenters. The summed E-state index contributed by atoms with van der Waals surface area (Å²) in [5, 5.41) is 3.66. The number of rotatable bonds is 3. The number of nitrogens with zero attached hydrogens (tertiary/aromatic N) is 2. The van der Waals surface area contributed by atoms with E-state index in [1.54, 1.807) is 30.3 Å². The van der Waals surface area contributed by atoms with Crippen molar-refractivity contribution in [2.45, 2.75) is 0 Å². The van der Waals surface area contributed by atoms with Crippen LogP contribution in [0.4, 0.5) is 5.13 Å². The molecule has 0 spiro atoms. The van der Waals surface area contributed by atoms with E-state index in [1.165, 1.54) is 22.7 Å². The molecule has 22 heavy (non-hydrogen) atoms. The number of anilines is 1. The van der Waals surface area contributed by atoms with Gasteiger partial charge in [-0.3, -0.25) is 9.69 Å². The molecular formula is C15H10Cl2N2OS2. The van der Waals surface area contributed by atoms with Crippen molar-refractivity contribution >= 4 is 56.9 Å². The van der Waals surface area contributed by atoms with Gasteiger partial charge < -0.3 is 0 Å². The van der Waals surface area contributed by atoms with Crippen molar-refractivity contribution in [2.75, 3.05) is 11.9 Å². The van der Waals surface area contributed by atoms with Crippen LogP contribution >= 0.6 is 45.9 Å². The van der Waals surface area contributed by atoms with Gasteiger partial charge >= 0.3 is 0 Å². The van der Waals surface area contributed by atoms with Crippen LogP contribution in [-0.4, -0.2) is 17.9 Å². The van der Waals surface area contributed by atoms with Crippen molar-refractivity contribution in [2.24, 2.45) is 0 Å². The van der Waals surface area contributed by atoms with Crippen molar-refractivity contribution in [3.63, 3.8) is 0 Å². The summed E-state index contributed by atoms with van der Waals surface area (Å²) in [5.74, 6) is -0.0840. The summed E-state index contributed by atoms with van der Waals surface area (Å²) in [6, 6.07) is 9.05. The fraction of sp³-hybridized carbons (Fsp3) is 0.0667. The molecule has 0 N–H and O–H groups in total. The molecule has 2 heterocycles. The molecule has 0 saturated heterocycles. The predicted molar refractivity (Wildman–Crippen MR) is 94.6 cm³/mol. The lowest BCUT2D eigenvalue weighted by atomic mass is 10.2. The fourth-order valence-electron chi connectivity index (χ4n) is 1.94. The van der Waals surface area contributed by atoms with E-state index in [0.717, 1.165) is 10.4 Å². The molecule has 1 aromatic carbocycles. The Morgan fingerprint density at radius 1 is 1.18 bits per heavy atom. The quantitative estimate of drug-likeness (QED) is 0.615. The van der Waals surface area contributed by atoms with Crippen molar-refractivity contribution in [1.29, 1.82) is 0 Å². The van der Waals surface area contributed by atoms with E-state index in [4.69, 9.17) is 23.2 Å². The van der Waals surface area contributed by atoms with Gasteiger partial charge in [-0.1, -0.05) is 23.2 Å². The monoisotopic (exact) mass is 368 g/mol. The number of thiophene rings is 1. The van der Waals surface area contributed by atoms with Gasteiger partial charge in [-0.05, 0) is 35.9 Å². The predicted octanol–water partition coefficient (Wildman–Crippen LogP) is 5.46. The van der Waals surface area contributed by atoms with Crippen LogP contribution in [0.5, 0.6) is 0 Å². The molecule has 0 radical (unpaired) electrons. The standard InChI is InChI=1S/C15H10Cl2N2OS2/c1-19(15-18-4-5-21-15)14(20)13-3-2-12(22-13)9-6-10(16)8-11(17)7-9/h2-8H,1H3. The van der Waals surface area contributed by atoms with E-state index in [0.29, 0.717) is 20.1 Å². The Morgan fingerprint density at radius 2 is 1.91 bits per heavy atom. The average molecular weight is 369 g/mol. The summed E-state index contributed by atoms with van der Waals surface area (Å²) >= 11 is 14.9. The van der Waals surface area contributed by atoms with E-state index in [9.17, 15) is 4.79 Å². The van der Waals surface area contributed by atoms with E-state index < -0.39 is 0 Å². The van der Waals surface area contributed by atoms with E-state index in [-0.39, 0.29) is 5.91 Å². The van der Waals surface area contributed by atoms with Gasteiger partial charge in [0.25, 0.3) is 5.91 Å². The zero-order valence-corrected chi connectivity index (χ0v) is 14.6. The summed E-state index contributed by atoms with van der Waals surface area (Å²) in [4.78, 5) is 19.8. The first-order valence-electron chi connectivity index (χ1n) is 6.28. The summed E-state index contributed by atoms with van der Waals surface area (Å²) in [6.45, 7) is 0. The average Bonchev–Trinajstić information content (AvgIpc) is 3.16. The zero-order chi connectivity index (χ0) is 15.7. The Kier molecular flexibility index (Phi) is 4.49. The molecule has 112 valence electrons. The highest BCUT2D eigenvalue weighted by Gasteiger charge is 2.18. The van der Waals surface area contributed by atoms with Crippen LogP contribution in [0, 0.1) is 0 Å². The lowest BCUT2D eigenvalue weighted by molar-refractivity contribution is 0.0997. The number of amides is 1. The third-order valence-electron chi connectivity index (χ3n) is 2.97. The van der Waals surface area contributed by atoms with Gasteiger partial charge in [0.1, 0.15) is 0 Å². The van der Waals surface area contributed by atoms with Gasteiger partial charge in [0, 0.05) is 33.5 Å². The number of halogens is 2. The molecule has 7 heteroatoms. The first-order chi connectivity index (χ1) is 10.5. The second-order valence-corrected chi connectivity index (χ2v) is 7.33. The largest absolute Gasteiger partial charge is 0.286 e. The molecule has 0 bridgehead atoms. The van der Waals surface area contributed by atoms with Crippen LogP contribution in [0.1, 0.15) is 9.67 Å². The second kappa shape index (κ2) is 6.38. The summed E-state index contributed by atoms with van der Waals surface area (Å²) in [7, 11) is 1.72. The molecule has 0 unspecified atom stereocenters. The lowest BCUT2D eigenvalue weighted by Crippen LogP contribution is -2.25. The van der Waals surface area contributed by atoms with Gasteiger partial charge in [-0.15, -0.1) is 22.7 Å². The molecule has 0 aliphatic heterocycles. The first kappa shape index (κ1) is 15.5. The molecule has 0 aliphatic carbocycles. The fourth-order valence-corrected chi connectivity index (χ4v) is 4.04. The van der Waals surface area contributed by atoms with Crippen molar-refractivity contribution in [1.82, 2.24) is 4.98 Å². The topological polar surface area (TPSA) is 33.2 Å². The molecule has 3 rings (SSSR count). The Hall–Kier alpha value is -1.40. The smallest absolute Gasteiger partial charge is 0.269 e. The normalized spacial score (nSPS) is 10.7. The van der Waals surface area contributed by atoms with Gasteiger partial charge in [-0.2, -0.15) is 0 Å². The number of thiazole rings is 1. The number of carbonyl (C=O) groups is 1. The third-order valence-corrected chi connectivity index (χ3v) is 5.38. The summed E-state index contributed by atoms with van der Waals surface area (Å²) in [6.07, 6.45) is 1.68. The molecule has 0 fully saturated rings. The van der Waals surface area contributed by atoms with Gasteiger partial charge in [0.2, 0.25) is 0 Å². The van der Waals surface area contributed by atoms with Crippen LogP contribution in [0.2, 0.25) is 10.0 Å². The molecule has 2 aromatic heterocycles. The highest BCUT2D eigenvalue weighted by Crippen LogP contribution is 2.33. The van der Waals surface area contributed by atoms with Crippen molar-refractivity contribution in [3.8, 4) is 10.4 Å². The number of hydrogen-bond donors (Lipinski definition) is 0. The number of hydrogen-bond acceptors (Lipinski definition) is 4. The highest BCUT2D eigenvalue weighted by molar-refractivity contribution is 7.17. The zero-order valence-electron chi connectivity index (χ0n) is 11.4. The SMILES string of the molecule is CN(C(=O)c1ccc(-c2cc(Cl)cc(Cl)c2)s1)c1nccs1. The lowest BCUT2D eigenvalue weighted by Gasteiger charge is -2.11. The minimum Gasteiger partial charge on any atom is -0.286 e. The maximum atomic E-state index is 12.5. The number of benzene rings is 1. The van der Waals surface area contributed by atoms with E-state index in [2.05, 4.69) is 4.98 Å². The highest BCUT2D eigenvalue weighted by atomic mass is 35.5. The molecule has 0 saturated carbocycles. The van der Waals surface area contributed by atoms with Crippen molar-refractivity contribution < 1.29 is 4.79 Å². The minimum atomic E-state index is -0.0840. The van der Waals surface area contributed by atoms with Gasteiger partial charge in [0.15, 0.2) is 5.13 Å². The Labute approximate surface area is 145 Å². The third kappa shape index (κ3) is 3.17. The molecule has 3 nitrogen and oxygen atoms in total. The molecule has 3 aromatic rings. The molecule has 1 amide bonds. The first-order valence-corrected chi connectivity index (χ1v) is 8.73.